The number of hydrogen-bond acceptors (Lipinski definition) is 3. The number of anilines is 1. The quantitative estimate of drug-likeness (QED) is 0.841. The van der Waals surface area contributed by atoms with Crippen molar-refractivity contribution in [3.63, 3.8) is 0 Å². The number of ether oxygens (including phenoxy) is 1. The van der Waals surface area contributed by atoms with Crippen molar-refractivity contribution in [1.82, 2.24) is 0 Å². The Morgan fingerprint density at radius 2 is 2.29 bits per heavy atom. The molecule has 0 aromatic heterocycles. The van der Waals surface area contributed by atoms with Crippen molar-refractivity contribution < 1.29 is 8.95 Å². The van der Waals surface area contributed by atoms with Gasteiger partial charge in [0.25, 0.3) is 0 Å². The first-order valence-electron chi connectivity index (χ1n) is 6.03. The molecule has 0 amide bonds. The second-order valence-electron chi connectivity index (χ2n) is 4.47. The summed E-state index contributed by atoms with van der Waals surface area (Å²) >= 11 is 0. The lowest BCUT2D eigenvalue weighted by Crippen LogP contribution is -2.25. The Labute approximate surface area is 105 Å². The third kappa shape index (κ3) is 3.07. The molecular formula is C13H19NO2S. The zero-order valence-electron chi connectivity index (χ0n) is 10.1. The fourth-order valence-corrected chi connectivity index (χ4v) is 3.55. The first-order valence-corrected chi connectivity index (χ1v) is 7.35. The summed E-state index contributed by atoms with van der Waals surface area (Å²) in [6, 6.07) is 5.59. The van der Waals surface area contributed by atoms with Crippen molar-refractivity contribution in [3.05, 3.63) is 23.8 Å². The molecule has 1 saturated heterocycles. The van der Waals surface area contributed by atoms with Crippen LogP contribution in [0.1, 0.15) is 24.8 Å². The Bertz CT molecular complexity index is 414. The van der Waals surface area contributed by atoms with Gasteiger partial charge < -0.3 is 10.5 Å². The smallest absolute Gasteiger partial charge is 0.0693 e. The van der Waals surface area contributed by atoms with E-state index in [9.17, 15) is 4.21 Å². The van der Waals surface area contributed by atoms with E-state index < -0.39 is 10.8 Å². The summed E-state index contributed by atoms with van der Waals surface area (Å²) in [7, 11) is -1.01. The van der Waals surface area contributed by atoms with E-state index >= 15 is 0 Å². The maximum absolute atomic E-state index is 12.3. The number of rotatable bonds is 3. The minimum atomic E-state index is -1.01. The Kier molecular flexibility index (Phi) is 4.18. The van der Waals surface area contributed by atoms with Crippen molar-refractivity contribution in [3.8, 4) is 0 Å². The van der Waals surface area contributed by atoms with Crippen molar-refractivity contribution >= 4 is 16.5 Å². The molecule has 1 aliphatic rings. The molecule has 1 aromatic rings. The second kappa shape index (κ2) is 5.65. The molecule has 2 unspecified atom stereocenters. The van der Waals surface area contributed by atoms with Crippen molar-refractivity contribution in [2.45, 2.75) is 37.2 Å². The number of nitrogen functional groups attached to an aromatic ring is 1. The highest BCUT2D eigenvalue weighted by molar-refractivity contribution is 7.85. The van der Waals surface area contributed by atoms with E-state index in [-0.39, 0.29) is 6.10 Å². The predicted octanol–water partition coefficient (Wildman–Crippen LogP) is 2.25. The van der Waals surface area contributed by atoms with Crippen LogP contribution in [0.5, 0.6) is 0 Å². The Morgan fingerprint density at radius 3 is 3.00 bits per heavy atom. The van der Waals surface area contributed by atoms with E-state index in [4.69, 9.17) is 10.5 Å². The van der Waals surface area contributed by atoms with Gasteiger partial charge in [-0.25, -0.2) is 0 Å². The molecule has 17 heavy (non-hydrogen) atoms. The summed E-state index contributed by atoms with van der Waals surface area (Å²) in [5.41, 5.74) is 7.47. The van der Waals surface area contributed by atoms with E-state index in [2.05, 4.69) is 0 Å². The third-order valence-corrected chi connectivity index (χ3v) is 4.79. The Morgan fingerprint density at radius 1 is 1.47 bits per heavy atom. The molecule has 1 heterocycles. The molecule has 2 atom stereocenters. The van der Waals surface area contributed by atoms with Crippen molar-refractivity contribution in [2.24, 2.45) is 0 Å². The average Bonchev–Trinajstić information content (AvgIpc) is 2.34. The van der Waals surface area contributed by atoms with Crippen LogP contribution in [0.25, 0.3) is 0 Å². The lowest BCUT2D eigenvalue weighted by atomic mass is 10.1. The highest BCUT2D eigenvalue weighted by Gasteiger charge is 2.19. The lowest BCUT2D eigenvalue weighted by Gasteiger charge is -2.22. The van der Waals surface area contributed by atoms with Crippen LogP contribution >= 0.6 is 0 Å². The van der Waals surface area contributed by atoms with Crippen molar-refractivity contribution in [2.75, 3.05) is 18.1 Å². The molecule has 0 bridgehead atoms. The fourth-order valence-electron chi connectivity index (χ4n) is 2.08. The zero-order chi connectivity index (χ0) is 12.3. The van der Waals surface area contributed by atoms with Gasteiger partial charge in [-0.1, -0.05) is 6.07 Å². The van der Waals surface area contributed by atoms with Crippen LogP contribution in [0.15, 0.2) is 23.1 Å². The molecular weight excluding hydrogens is 234 g/mol. The minimum absolute atomic E-state index is 0.144. The van der Waals surface area contributed by atoms with Gasteiger partial charge in [0.2, 0.25) is 0 Å². The van der Waals surface area contributed by atoms with Gasteiger partial charge in [-0.15, -0.1) is 0 Å². The zero-order valence-corrected chi connectivity index (χ0v) is 11.0. The first-order chi connectivity index (χ1) is 8.18. The molecule has 0 aliphatic carbocycles. The summed E-state index contributed by atoms with van der Waals surface area (Å²) in [4.78, 5) is 0.846. The molecule has 0 spiro atoms. The molecule has 94 valence electrons. The maximum Gasteiger partial charge on any atom is 0.0693 e. The topological polar surface area (TPSA) is 52.3 Å². The largest absolute Gasteiger partial charge is 0.398 e. The van der Waals surface area contributed by atoms with Crippen molar-refractivity contribution in [1.29, 1.82) is 0 Å². The van der Waals surface area contributed by atoms with E-state index in [0.717, 1.165) is 29.9 Å². The van der Waals surface area contributed by atoms with Gasteiger partial charge in [0.15, 0.2) is 0 Å². The van der Waals surface area contributed by atoms with E-state index in [1.807, 2.05) is 25.1 Å². The number of hydrogen-bond donors (Lipinski definition) is 1. The van der Waals surface area contributed by atoms with Crippen LogP contribution < -0.4 is 5.73 Å². The number of nitrogens with two attached hydrogens (primary N) is 1. The normalized spacial score (nSPS) is 22.3. The van der Waals surface area contributed by atoms with Gasteiger partial charge >= 0.3 is 0 Å². The third-order valence-electron chi connectivity index (χ3n) is 3.18. The maximum atomic E-state index is 12.3. The fraction of sp³-hybridized carbons (Fsp3) is 0.538. The van der Waals surface area contributed by atoms with Gasteiger partial charge in [-0.2, -0.15) is 0 Å². The van der Waals surface area contributed by atoms with E-state index in [1.165, 1.54) is 6.42 Å². The molecule has 4 heteroatoms. The predicted molar refractivity (Wildman–Crippen MR) is 70.5 cm³/mol. The van der Waals surface area contributed by atoms with Crippen LogP contribution in [-0.4, -0.2) is 22.7 Å². The first kappa shape index (κ1) is 12.6. The van der Waals surface area contributed by atoms with Crippen LogP contribution in [-0.2, 0) is 15.5 Å². The van der Waals surface area contributed by atoms with Gasteiger partial charge in [-0.05, 0) is 43.9 Å². The lowest BCUT2D eigenvalue weighted by molar-refractivity contribution is 0.0310. The van der Waals surface area contributed by atoms with Gasteiger partial charge in [0, 0.05) is 17.2 Å². The Balaban J connectivity index is 2.06. The number of benzene rings is 1. The SMILES string of the molecule is Cc1c(N)cccc1S(=O)CC1CCCCO1. The molecule has 3 nitrogen and oxygen atoms in total. The summed E-state index contributed by atoms with van der Waals surface area (Å²) in [6.45, 7) is 2.72. The van der Waals surface area contributed by atoms with Crippen LogP contribution in [0.4, 0.5) is 5.69 Å². The molecule has 2 rings (SSSR count). The molecule has 1 fully saturated rings. The van der Waals surface area contributed by atoms with E-state index in [1.54, 1.807) is 0 Å². The van der Waals surface area contributed by atoms with Gasteiger partial charge in [0.05, 0.1) is 22.7 Å². The minimum Gasteiger partial charge on any atom is -0.398 e. The molecule has 2 N–H and O–H groups in total. The average molecular weight is 253 g/mol. The van der Waals surface area contributed by atoms with Crippen LogP contribution in [0.2, 0.25) is 0 Å². The molecule has 0 radical (unpaired) electrons. The molecule has 0 saturated carbocycles. The Hall–Kier alpha value is -0.870. The van der Waals surface area contributed by atoms with Gasteiger partial charge in [-0.3, -0.25) is 4.21 Å². The summed E-state index contributed by atoms with van der Waals surface area (Å²) in [6.07, 6.45) is 3.47. The van der Waals surface area contributed by atoms with Crippen LogP contribution in [0.3, 0.4) is 0 Å². The highest BCUT2D eigenvalue weighted by Crippen LogP contribution is 2.22. The van der Waals surface area contributed by atoms with Gasteiger partial charge in [0.1, 0.15) is 0 Å². The van der Waals surface area contributed by atoms with E-state index in [0.29, 0.717) is 11.4 Å². The summed E-state index contributed by atoms with van der Waals surface area (Å²) < 4.78 is 17.9. The van der Waals surface area contributed by atoms with Crippen LogP contribution in [0, 0.1) is 6.92 Å². The highest BCUT2D eigenvalue weighted by atomic mass is 32.2. The summed E-state index contributed by atoms with van der Waals surface area (Å²) in [5.74, 6) is 0.588. The summed E-state index contributed by atoms with van der Waals surface area (Å²) in [5, 5.41) is 0. The monoisotopic (exact) mass is 253 g/mol. The second-order valence-corrected chi connectivity index (χ2v) is 5.94. The standard InChI is InChI=1S/C13H19NO2S/c1-10-12(14)6-4-7-13(10)17(15)9-11-5-2-3-8-16-11/h4,6-7,11H,2-3,5,8-9,14H2,1H3. The molecule has 1 aromatic carbocycles. The molecule has 1 aliphatic heterocycles.